The second-order valence-corrected chi connectivity index (χ2v) is 28.8. The largest absolute Gasteiger partial charge is 0.481 e. The number of amides is 2. The van der Waals surface area contributed by atoms with E-state index in [9.17, 15) is 31.7 Å². The quantitative estimate of drug-likeness (QED) is 0.0245. The van der Waals surface area contributed by atoms with E-state index in [0.29, 0.717) is 97.0 Å². The molecule has 2 heterocycles. The molecule has 0 bridgehead atoms. The first kappa shape index (κ1) is 74.1. The third-order valence-electron chi connectivity index (χ3n) is 17.6. The van der Waals surface area contributed by atoms with Gasteiger partial charge in [0.15, 0.2) is 28.8 Å². The first-order valence-electron chi connectivity index (χ1n) is 32.2. The number of nitriles is 1. The van der Waals surface area contributed by atoms with Crippen LogP contribution in [0.5, 0.6) is 11.5 Å². The number of sulfonamides is 2. The van der Waals surface area contributed by atoms with Crippen LogP contribution in [0.2, 0.25) is 10.0 Å². The number of halogens is 4. The number of likely N-dealkylation sites (tertiary alicyclic amines) is 2. The molecule has 2 amide bonds. The highest BCUT2D eigenvalue weighted by atomic mass is 35.5. The molecule has 8 rings (SSSR count). The number of rotatable bonds is 37. The highest BCUT2D eigenvalue weighted by Crippen LogP contribution is 2.46. The Kier molecular flexibility index (Phi) is 28.5. The Balaban J connectivity index is 0.605. The zero-order valence-electron chi connectivity index (χ0n) is 53.9. The third-order valence-corrected chi connectivity index (χ3v) is 20.9. The average Bonchev–Trinajstić information content (AvgIpc) is 1.47. The molecule has 4 aromatic rings. The Morgan fingerprint density at radius 1 is 0.628 bits per heavy atom. The van der Waals surface area contributed by atoms with E-state index in [1.54, 1.807) is 24.3 Å². The van der Waals surface area contributed by atoms with Crippen LogP contribution in [0.25, 0.3) is 4.85 Å². The van der Waals surface area contributed by atoms with Crippen LogP contribution in [0.15, 0.2) is 70.5 Å². The van der Waals surface area contributed by atoms with Crippen molar-refractivity contribution in [3.8, 4) is 17.6 Å². The number of benzene rings is 4. The molecule has 4 aliphatic rings. The fourth-order valence-corrected chi connectivity index (χ4v) is 15.0. The van der Waals surface area contributed by atoms with Crippen molar-refractivity contribution in [2.24, 2.45) is 0 Å². The summed E-state index contributed by atoms with van der Waals surface area (Å²) in [6.07, 6.45) is 7.33. The number of piperidine rings is 2. The zero-order chi connectivity index (χ0) is 67.4. The average molecular weight is 1390 g/mol. The van der Waals surface area contributed by atoms with Gasteiger partial charge < -0.3 is 48.9 Å². The molecule has 0 saturated carbocycles. The molecule has 0 unspecified atom stereocenters. The van der Waals surface area contributed by atoms with Gasteiger partial charge in [-0.15, -0.1) is 0 Å². The van der Waals surface area contributed by atoms with Crippen LogP contribution in [0.1, 0.15) is 104 Å². The number of Topliss-reactive ketones (excluding diaryl/α,β-unsaturated/α-hetero) is 1. The summed E-state index contributed by atoms with van der Waals surface area (Å²) in [6.45, 7) is 13.0. The Morgan fingerprint density at radius 3 is 1.62 bits per heavy atom. The Labute approximate surface area is 562 Å². The van der Waals surface area contributed by atoms with Crippen molar-refractivity contribution >= 4 is 60.8 Å². The molecule has 0 spiro atoms. The molecule has 4 N–H and O–H groups in total. The van der Waals surface area contributed by atoms with Crippen molar-refractivity contribution in [3.05, 3.63) is 122 Å². The fraction of sp³-hybridized carbons (Fsp3) is 0.576. The summed E-state index contributed by atoms with van der Waals surface area (Å²) in [5.74, 6) is -1.79. The zero-order valence-corrected chi connectivity index (χ0v) is 57.1. The molecule has 4 aromatic carbocycles. The van der Waals surface area contributed by atoms with Crippen LogP contribution >= 0.6 is 23.2 Å². The molecule has 2 aliphatic heterocycles. The SMILES string of the molecule is [C-]#[N+]c1cc(Cl)cc2c1C[C@H](N1CCC[C@@H](N(C)C)C1)[C@H]2Oc1ccc(S(=O)(=O)NCCOCCOCCCC(=O)CCCCCNC(=O)NCCOCCOCCNS(=O)(=O)c2ccc(O[C@H]3c4cc(Cl)cc(C#N)c4C[C@@H]3N3CCC[C@@H](N(C)C)C3)c(F)c2)cc1F. The third kappa shape index (κ3) is 20.9. The summed E-state index contributed by atoms with van der Waals surface area (Å²) in [5, 5.41) is 16.2. The standard InChI is InChI=1S/C66H88Cl2F2N10O12S2/c1-72-59-37-47(68)36-56-54(59)41-61(80-25-10-13-49(44-80)78(4)5)65(56)92-63-19-17-52(39-58(63)70)94(85,86)75-22-28-89-31-30-87-26-11-15-50(81)14-7-6-8-20-73-66(82)74-21-27-88-32-33-90-29-23-76-93(83,84)51-16-18-62(57(69)38-51)91-64-55-35-46(67)34-45(42-71)53(55)40-60(64)79-24-9-12-48(43-79)77(2)3/h16-19,34-39,48-49,60-61,64-65,75-76H,6-15,20-33,40-41,43-44H2,2-5H3,(H2,73,74,82)/t48-,49-,60+,61+,64+,65+/m1/s1. The van der Waals surface area contributed by atoms with Gasteiger partial charge in [0.25, 0.3) is 0 Å². The molecule has 514 valence electrons. The second kappa shape index (κ2) is 36.1. The number of unbranched alkanes of at least 4 members (excludes halogenated alkanes) is 2. The fourth-order valence-electron chi connectivity index (χ4n) is 12.5. The van der Waals surface area contributed by atoms with Crippen LogP contribution in [0, 0.1) is 29.5 Å². The molecule has 6 atom stereocenters. The van der Waals surface area contributed by atoms with E-state index in [0.717, 1.165) is 87.1 Å². The van der Waals surface area contributed by atoms with Crippen LogP contribution in [-0.2, 0) is 56.6 Å². The molecule has 28 heteroatoms. The summed E-state index contributed by atoms with van der Waals surface area (Å²) in [7, 11) is 0.00976. The van der Waals surface area contributed by atoms with Gasteiger partial charge in [0.05, 0.1) is 86.3 Å². The van der Waals surface area contributed by atoms with Gasteiger partial charge in [-0.25, -0.2) is 44.7 Å². The normalized spacial score (nSPS) is 20.0. The Hall–Kier alpha value is -5.66. The first-order chi connectivity index (χ1) is 45.2. The highest BCUT2D eigenvalue weighted by molar-refractivity contribution is 7.89. The van der Waals surface area contributed by atoms with Gasteiger partial charge in [-0.3, -0.25) is 14.6 Å². The lowest BCUT2D eigenvalue weighted by Crippen LogP contribution is -2.51. The molecule has 0 aromatic heterocycles. The summed E-state index contributed by atoms with van der Waals surface area (Å²) in [6, 6.07) is 16.0. The maximum atomic E-state index is 15.7. The molecule has 94 heavy (non-hydrogen) atoms. The molecule has 0 radical (unpaired) electrons. The van der Waals surface area contributed by atoms with E-state index in [1.165, 1.54) is 24.3 Å². The van der Waals surface area contributed by atoms with Gasteiger partial charge in [-0.05, 0) is 182 Å². The van der Waals surface area contributed by atoms with Crippen LogP contribution < -0.4 is 29.6 Å². The smallest absolute Gasteiger partial charge is 0.314 e. The monoisotopic (exact) mass is 1380 g/mol. The lowest BCUT2D eigenvalue weighted by molar-refractivity contribution is -0.119. The van der Waals surface area contributed by atoms with Gasteiger partial charge in [-0.1, -0.05) is 29.6 Å². The minimum Gasteiger partial charge on any atom is -0.481 e. The topological polar surface area (TPSA) is 247 Å². The van der Waals surface area contributed by atoms with Gasteiger partial charge in [0, 0.05) is 80.8 Å². The van der Waals surface area contributed by atoms with Crippen molar-refractivity contribution in [2.45, 2.75) is 123 Å². The number of likely N-dealkylation sites (N-methyl/N-ethyl adjacent to an activating group) is 2. The van der Waals surface area contributed by atoms with E-state index in [1.807, 2.05) is 14.1 Å². The predicted molar refractivity (Wildman–Crippen MR) is 353 cm³/mol. The van der Waals surface area contributed by atoms with Crippen molar-refractivity contribution in [1.82, 2.24) is 39.7 Å². The summed E-state index contributed by atoms with van der Waals surface area (Å²) in [5.41, 5.74) is 3.97. The highest BCUT2D eigenvalue weighted by Gasteiger charge is 2.44. The number of nitrogens with one attached hydrogen (secondary N) is 4. The van der Waals surface area contributed by atoms with Gasteiger partial charge in [0.1, 0.15) is 18.0 Å². The maximum absolute atomic E-state index is 15.7. The lowest BCUT2D eigenvalue weighted by atomic mass is 10.0. The molecule has 2 saturated heterocycles. The predicted octanol–water partition coefficient (Wildman–Crippen LogP) is 8.37. The van der Waals surface area contributed by atoms with Crippen molar-refractivity contribution in [3.63, 3.8) is 0 Å². The number of carbonyl (C=O) groups excluding carboxylic acids is 2. The second-order valence-electron chi connectivity index (χ2n) is 24.4. The van der Waals surface area contributed by atoms with E-state index in [2.05, 4.69) is 64.7 Å². The lowest BCUT2D eigenvalue weighted by Gasteiger charge is -2.41. The Bertz CT molecular complexity index is 3300. The number of ketones is 1. The molecule has 2 aliphatic carbocycles. The number of ether oxygens (including phenoxy) is 6. The van der Waals surface area contributed by atoms with Gasteiger partial charge in [-0.2, -0.15) is 5.26 Å². The minimum atomic E-state index is -4.10. The maximum Gasteiger partial charge on any atom is 0.314 e. The number of fused-ring (bicyclic) bond motifs is 2. The van der Waals surface area contributed by atoms with Crippen LogP contribution in [0.3, 0.4) is 0 Å². The summed E-state index contributed by atoms with van der Waals surface area (Å²) < 4.78 is 124. The molecule has 22 nitrogen and oxygen atoms in total. The van der Waals surface area contributed by atoms with E-state index in [-0.39, 0.29) is 111 Å². The number of hydrogen-bond donors (Lipinski definition) is 4. The number of carbonyl (C=O) groups is 2. The van der Waals surface area contributed by atoms with Gasteiger partial charge in [0.2, 0.25) is 20.0 Å². The van der Waals surface area contributed by atoms with E-state index < -0.39 is 43.9 Å². The van der Waals surface area contributed by atoms with Crippen LogP contribution in [-0.4, -0.2) is 206 Å². The first-order valence-corrected chi connectivity index (χ1v) is 35.9. The molecular formula is C66H88Cl2F2N10O12S2. The van der Waals surface area contributed by atoms with Crippen LogP contribution in [0.4, 0.5) is 19.3 Å². The Morgan fingerprint density at radius 2 is 1.11 bits per heavy atom. The summed E-state index contributed by atoms with van der Waals surface area (Å²) >= 11 is 12.9. The van der Waals surface area contributed by atoms with Gasteiger partial charge >= 0.3 is 6.03 Å². The van der Waals surface area contributed by atoms with Crippen molar-refractivity contribution in [2.75, 3.05) is 133 Å². The molecular weight excluding hydrogens is 1300 g/mol. The van der Waals surface area contributed by atoms with Crippen molar-refractivity contribution < 1.29 is 63.6 Å². The number of urea groups is 1. The summed E-state index contributed by atoms with van der Waals surface area (Å²) in [4.78, 5) is 36.9. The van der Waals surface area contributed by atoms with E-state index in [4.69, 9.17) is 58.2 Å². The van der Waals surface area contributed by atoms with E-state index >= 15 is 8.78 Å². The minimum absolute atomic E-state index is 0.0292. The number of nitrogens with zero attached hydrogens (tertiary/aromatic N) is 6. The number of hydrogen-bond acceptors (Lipinski definition) is 17. The van der Waals surface area contributed by atoms with Crippen molar-refractivity contribution in [1.29, 1.82) is 5.26 Å². The molecule has 2 fully saturated rings.